The van der Waals surface area contributed by atoms with E-state index in [9.17, 15) is 4.79 Å². The number of nitrogens with one attached hydrogen (secondary N) is 1. The fraction of sp³-hybridized carbons (Fsp3) is 0.381. The van der Waals surface area contributed by atoms with E-state index in [2.05, 4.69) is 50.4 Å². The summed E-state index contributed by atoms with van der Waals surface area (Å²) in [7, 11) is 1.66. The van der Waals surface area contributed by atoms with Crippen molar-refractivity contribution < 1.29 is 9.53 Å². The molecule has 0 unspecified atom stereocenters. The Morgan fingerprint density at radius 1 is 1.08 bits per heavy atom. The summed E-state index contributed by atoms with van der Waals surface area (Å²) in [5, 5.41) is 3.18. The fourth-order valence-electron chi connectivity index (χ4n) is 2.61. The molecule has 0 heterocycles. The lowest BCUT2D eigenvalue weighted by atomic mass is 9.97. The number of hydrogen-bond donors (Lipinski definition) is 1. The molecule has 1 atom stereocenters. The van der Waals surface area contributed by atoms with Crippen molar-refractivity contribution in [3.8, 4) is 5.75 Å². The third-order valence-electron chi connectivity index (χ3n) is 3.95. The molecule has 1 amide bonds. The van der Waals surface area contributed by atoms with Crippen molar-refractivity contribution in [1.82, 2.24) is 5.32 Å². The number of hydrogen-bond acceptors (Lipinski definition) is 3. The molecule has 0 bridgehead atoms. The number of carbonyl (C=O) groups excluding carboxylic acids is 1. The van der Waals surface area contributed by atoms with Gasteiger partial charge < -0.3 is 10.1 Å². The lowest BCUT2D eigenvalue weighted by Crippen LogP contribution is -2.30. The number of ether oxygens (including phenoxy) is 1. The molecule has 0 aliphatic heterocycles. The van der Waals surface area contributed by atoms with Gasteiger partial charge >= 0.3 is 0 Å². The molecule has 0 radical (unpaired) electrons. The van der Waals surface area contributed by atoms with Crippen molar-refractivity contribution in [1.29, 1.82) is 0 Å². The Hall–Kier alpha value is -1.94. The van der Waals surface area contributed by atoms with Gasteiger partial charge in [-0.1, -0.05) is 43.7 Å². The van der Waals surface area contributed by atoms with E-state index < -0.39 is 0 Å². The van der Waals surface area contributed by atoms with Gasteiger partial charge in [-0.25, -0.2) is 0 Å². The zero-order chi connectivity index (χ0) is 18.2. The van der Waals surface area contributed by atoms with Gasteiger partial charge in [-0.05, 0) is 49.1 Å². The summed E-state index contributed by atoms with van der Waals surface area (Å²) in [4.78, 5) is 13.5. The number of benzene rings is 2. The maximum atomic E-state index is 12.4. The molecule has 0 aromatic heterocycles. The second kappa shape index (κ2) is 9.52. The van der Waals surface area contributed by atoms with Crippen LogP contribution in [0, 0.1) is 12.8 Å². The molecule has 0 saturated heterocycles. The Morgan fingerprint density at radius 3 is 2.28 bits per heavy atom. The van der Waals surface area contributed by atoms with Gasteiger partial charge in [0.25, 0.3) is 0 Å². The van der Waals surface area contributed by atoms with Gasteiger partial charge in [-0.3, -0.25) is 4.79 Å². The minimum Gasteiger partial charge on any atom is -0.497 e. The van der Waals surface area contributed by atoms with Crippen LogP contribution in [0.15, 0.2) is 53.4 Å². The van der Waals surface area contributed by atoms with Gasteiger partial charge in [-0.2, -0.15) is 0 Å². The Bertz CT molecular complexity index is 665. The van der Waals surface area contributed by atoms with Gasteiger partial charge in [0.2, 0.25) is 5.91 Å². The zero-order valence-corrected chi connectivity index (χ0v) is 16.2. The van der Waals surface area contributed by atoms with Gasteiger partial charge in [0.1, 0.15) is 5.75 Å². The SMILES string of the molecule is COc1ccc([C@H](CC(C)C)NC(=O)CSc2ccc(C)cc2)cc1. The van der Waals surface area contributed by atoms with Crippen LogP contribution in [0.5, 0.6) is 5.75 Å². The van der Waals surface area contributed by atoms with E-state index in [1.165, 1.54) is 5.56 Å². The minimum atomic E-state index is 0.0250. The minimum absolute atomic E-state index is 0.0250. The van der Waals surface area contributed by atoms with Gasteiger partial charge in [-0.15, -0.1) is 11.8 Å². The van der Waals surface area contributed by atoms with Crippen molar-refractivity contribution in [3.05, 3.63) is 59.7 Å². The quantitative estimate of drug-likeness (QED) is 0.676. The molecule has 0 saturated carbocycles. The lowest BCUT2D eigenvalue weighted by molar-refractivity contribution is -0.119. The molecule has 25 heavy (non-hydrogen) atoms. The summed E-state index contributed by atoms with van der Waals surface area (Å²) >= 11 is 1.57. The van der Waals surface area contributed by atoms with Gasteiger partial charge in [0.05, 0.1) is 18.9 Å². The van der Waals surface area contributed by atoms with E-state index in [-0.39, 0.29) is 11.9 Å². The molecular weight excluding hydrogens is 330 g/mol. The first-order valence-corrected chi connectivity index (χ1v) is 9.59. The molecular formula is C21H27NO2S. The third-order valence-corrected chi connectivity index (χ3v) is 4.96. The highest BCUT2D eigenvalue weighted by Crippen LogP contribution is 2.24. The highest BCUT2D eigenvalue weighted by molar-refractivity contribution is 8.00. The molecule has 0 spiro atoms. The Kier molecular flexibility index (Phi) is 7.38. The van der Waals surface area contributed by atoms with Crippen molar-refractivity contribution in [2.75, 3.05) is 12.9 Å². The lowest BCUT2D eigenvalue weighted by Gasteiger charge is -2.21. The summed E-state index contributed by atoms with van der Waals surface area (Å²) in [6.45, 7) is 6.40. The summed E-state index contributed by atoms with van der Waals surface area (Å²) in [5.74, 6) is 1.81. The van der Waals surface area contributed by atoms with E-state index in [1.807, 2.05) is 24.3 Å². The maximum Gasteiger partial charge on any atom is 0.230 e. The van der Waals surface area contributed by atoms with Crippen molar-refractivity contribution in [2.24, 2.45) is 5.92 Å². The smallest absolute Gasteiger partial charge is 0.230 e. The molecule has 0 fully saturated rings. The van der Waals surface area contributed by atoms with Crippen LogP contribution in [0.1, 0.15) is 37.4 Å². The average molecular weight is 358 g/mol. The second-order valence-corrected chi connectivity index (χ2v) is 7.67. The average Bonchev–Trinajstić information content (AvgIpc) is 2.60. The zero-order valence-electron chi connectivity index (χ0n) is 15.4. The molecule has 4 heteroatoms. The molecule has 134 valence electrons. The third kappa shape index (κ3) is 6.46. The van der Waals surface area contributed by atoms with Crippen LogP contribution in [0.3, 0.4) is 0 Å². The second-order valence-electron chi connectivity index (χ2n) is 6.62. The van der Waals surface area contributed by atoms with Crippen molar-refractivity contribution in [2.45, 2.75) is 38.1 Å². The molecule has 0 aliphatic carbocycles. The molecule has 1 N–H and O–H groups in total. The first-order valence-electron chi connectivity index (χ1n) is 8.60. The predicted molar refractivity (Wildman–Crippen MR) is 105 cm³/mol. The number of carbonyl (C=O) groups is 1. The molecule has 2 aromatic carbocycles. The van der Waals surface area contributed by atoms with Gasteiger partial charge in [0.15, 0.2) is 0 Å². The monoisotopic (exact) mass is 357 g/mol. The number of rotatable bonds is 8. The van der Waals surface area contributed by atoms with Crippen LogP contribution in [-0.4, -0.2) is 18.8 Å². The van der Waals surface area contributed by atoms with E-state index >= 15 is 0 Å². The van der Waals surface area contributed by atoms with E-state index in [1.54, 1.807) is 18.9 Å². The molecule has 2 aromatic rings. The fourth-order valence-corrected chi connectivity index (χ4v) is 3.31. The van der Waals surface area contributed by atoms with Crippen LogP contribution in [0.25, 0.3) is 0 Å². The van der Waals surface area contributed by atoms with Crippen molar-refractivity contribution in [3.63, 3.8) is 0 Å². The van der Waals surface area contributed by atoms with E-state index in [4.69, 9.17) is 4.74 Å². The Labute approximate surface area is 155 Å². The van der Waals surface area contributed by atoms with E-state index in [0.717, 1.165) is 22.6 Å². The van der Waals surface area contributed by atoms with Crippen molar-refractivity contribution >= 4 is 17.7 Å². The summed E-state index contributed by atoms with van der Waals surface area (Å²) < 4.78 is 5.22. The number of amides is 1. The van der Waals surface area contributed by atoms with E-state index in [0.29, 0.717) is 11.7 Å². The predicted octanol–water partition coefficient (Wildman–Crippen LogP) is 5.00. The topological polar surface area (TPSA) is 38.3 Å². The summed E-state index contributed by atoms with van der Waals surface area (Å²) in [6.07, 6.45) is 0.910. The normalized spacial score (nSPS) is 12.0. The Morgan fingerprint density at radius 2 is 1.72 bits per heavy atom. The number of aryl methyl sites for hydroxylation is 1. The number of methoxy groups -OCH3 is 1. The largest absolute Gasteiger partial charge is 0.497 e. The first-order chi connectivity index (χ1) is 12.0. The molecule has 2 rings (SSSR count). The molecule has 0 aliphatic rings. The first kappa shape index (κ1) is 19.4. The highest BCUT2D eigenvalue weighted by atomic mass is 32.2. The number of thioether (sulfide) groups is 1. The summed E-state index contributed by atoms with van der Waals surface area (Å²) in [5.41, 5.74) is 2.34. The highest BCUT2D eigenvalue weighted by Gasteiger charge is 2.16. The van der Waals surface area contributed by atoms with Crippen LogP contribution in [0.4, 0.5) is 0 Å². The van der Waals surface area contributed by atoms with Crippen LogP contribution in [-0.2, 0) is 4.79 Å². The van der Waals surface area contributed by atoms with Crippen LogP contribution in [0.2, 0.25) is 0 Å². The maximum absolute atomic E-state index is 12.4. The summed E-state index contributed by atoms with van der Waals surface area (Å²) in [6, 6.07) is 16.2. The van der Waals surface area contributed by atoms with Gasteiger partial charge in [0, 0.05) is 4.90 Å². The standard InChI is InChI=1S/C21H27NO2S/c1-15(2)13-20(17-7-9-18(24-4)10-8-17)22-21(23)14-25-19-11-5-16(3)6-12-19/h5-12,15,20H,13-14H2,1-4H3,(H,22,23)/t20-/m0/s1. The Balaban J connectivity index is 1.97. The molecule has 3 nitrogen and oxygen atoms in total. The van der Waals surface area contributed by atoms with Crippen LogP contribution < -0.4 is 10.1 Å². The van der Waals surface area contributed by atoms with Crippen LogP contribution >= 0.6 is 11.8 Å².